The third kappa shape index (κ3) is 3.97. The lowest BCUT2D eigenvalue weighted by Gasteiger charge is -2.07. The Morgan fingerprint density at radius 3 is 2.85 bits per heavy atom. The maximum atomic E-state index is 11.4. The van der Waals surface area contributed by atoms with Crippen molar-refractivity contribution in [3.63, 3.8) is 0 Å². The molecule has 3 heterocycles. The molecule has 0 fully saturated rings. The summed E-state index contributed by atoms with van der Waals surface area (Å²) in [5.74, 6) is 1.23. The molecule has 3 aromatic rings. The molecule has 9 nitrogen and oxygen atoms in total. The van der Waals surface area contributed by atoms with E-state index in [1.54, 1.807) is 28.8 Å². The van der Waals surface area contributed by atoms with Crippen LogP contribution in [0.2, 0.25) is 0 Å². The average Bonchev–Trinajstić information content (AvgIpc) is 3.37. The van der Waals surface area contributed by atoms with Crippen LogP contribution in [0.15, 0.2) is 44.5 Å². The first-order valence-corrected chi connectivity index (χ1v) is 8.62. The second-order valence-electron chi connectivity index (χ2n) is 5.20. The summed E-state index contributed by atoms with van der Waals surface area (Å²) in [5, 5.41) is 8.87. The van der Waals surface area contributed by atoms with Crippen LogP contribution in [-0.2, 0) is 21.8 Å². The third-order valence-corrected chi connectivity index (χ3v) is 4.42. The fourth-order valence-electron chi connectivity index (χ4n) is 2.21. The molecule has 0 atom stereocenters. The normalized spacial score (nSPS) is 10.8. The quantitative estimate of drug-likeness (QED) is 0.468. The topological polar surface area (TPSA) is 126 Å². The molecule has 3 rings (SSSR count). The van der Waals surface area contributed by atoms with Gasteiger partial charge in [0.15, 0.2) is 16.7 Å². The molecule has 3 aromatic heterocycles. The molecule has 0 spiro atoms. The second-order valence-corrected chi connectivity index (χ2v) is 6.14. The second kappa shape index (κ2) is 7.91. The van der Waals surface area contributed by atoms with Crippen LogP contribution < -0.4 is 5.73 Å². The predicted molar refractivity (Wildman–Crippen MR) is 91.1 cm³/mol. The standard InChI is InChI=1S/C16H16N4O5S/c1-23-15(22)12-5-4-10(25-12)9-26-16-19-18-14(11-3-2-8-24-11)20(16)7-6-13(17)21/h2-5,8H,6-7,9H2,1H3,(H2,17,21). The molecule has 1 amide bonds. The number of rotatable bonds is 8. The Bertz CT molecular complexity index is 900. The zero-order valence-corrected chi connectivity index (χ0v) is 14.7. The molecule has 0 radical (unpaired) electrons. The number of esters is 1. The Hall–Kier alpha value is -3.01. The number of amides is 1. The molecule has 0 unspecified atom stereocenters. The Labute approximate surface area is 152 Å². The monoisotopic (exact) mass is 376 g/mol. The van der Waals surface area contributed by atoms with Gasteiger partial charge >= 0.3 is 5.97 Å². The molecule has 136 valence electrons. The van der Waals surface area contributed by atoms with E-state index in [0.717, 1.165) is 0 Å². The van der Waals surface area contributed by atoms with Crippen molar-refractivity contribution < 1.29 is 23.2 Å². The lowest BCUT2D eigenvalue weighted by atomic mass is 10.3. The van der Waals surface area contributed by atoms with Crippen LogP contribution in [-0.4, -0.2) is 33.8 Å². The van der Waals surface area contributed by atoms with Gasteiger partial charge in [0.1, 0.15) is 5.76 Å². The summed E-state index contributed by atoms with van der Waals surface area (Å²) in [5.41, 5.74) is 5.26. The number of carbonyl (C=O) groups excluding carboxylic acids is 2. The largest absolute Gasteiger partial charge is 0.463 e. The minimum Gasteiger partial charge on any atom is -0.463 e. The van der Waals surface area contributed by atoms with E-state index in [4.69, 9.17) is 14.6 Å². The van der Waals surface area contributed by atoms with Crippen LogP contribution in [0.5, 0.6) is 0 Å². The third-order valence-electron chi connectivity index (χ3n) is 3.43. The molecule has 0 saturated heterocycles. The predicted octanol–water partition coefficient (Wildman–Crippen LogP) is 2.09. The molecular formula is C16H16N4O5S. The highest BCUT2D eigenvalue weighted by molar-refractivity contribution is 7.98. The van der Waals surface area contributed by atoms with Crippen LogP contribution in [0.25, 0.3) is 11.6 Å². The fraction of sp³-hybridized carbons (Fsp3) is 0.250. The SMILES string of the molecule is COC(=O)c1ccc(CSc2nnc(-c3ccco3)n2CCC(N)=O)o1. The van der Waals surface area contributed by atoms with Crippen molar-refractivity contribution in [2.24, 2.45) is 5.73 Å². The van der Waals surface area contributed by atoms with Crippen molar-refractivity contribution in [2.45, 2.75) is 23.9 Å². The molecule has 0 aliphatic rings. The Balaban J connectivity index is 1.77. The van der Waals surface area contributed by atoms with Gasteiger partial charge in [0.05, 0.1) is 19.1 Å². The van der Waals surface area contributed by atoms with Gasteiger partial charge in [-0.1, -0.05) is 11.8 Å². The van der Waals surface area contributed by atoms with E-state index >= 15 is 0 Å². The van der Waals surface area contributed by atoms with E-state index in [0.29, 0.717) is 34.8 Å². The van der Waals surface area contributed by atoms with Gasteiger partial charge < -0.3 is 19.3 Å². The minimum atomic E-state index is -0.536. The van der Waals surface area contributed by atoms with E-state index in [2.05, 4.69) is 14.9 Å². The van der Waals surface area contributed by atoms with Crippen LogP contribution in [0.3, 0.4) is 0 Å². The van der Waals surface area contributed by atoms with Gasteiger partial charge in [-0.25, -0.2) is 4.79 Å². The van der Waals surface area contributed by atoms with Crippen molar-refractivity contribution >= 4 is 23.6 Å². The van der Waals surface area contributed by atoms with Gasteiger partial charge in [-0.3, -0.25) is 9.36 Å². The molecule has 0 saturated carbocycles. The summed E-state index contributed by atoms with van der Waals surface area (Å²) in [6, 6.07) is 6.74. The number of furan rings is 2. The van der Waals surface area contributed by atoms with Crippen LogP contribution in [0.4, 0.5) is 0 Å². The number of nitrogens with two attached hydrogens (primary N) is 1. The van der Waals surface area contributed by atoms with Gasteiger partial charge in [-0.15, -0.1) is 10.2 Å². The zero-order chi connectivity index (χ0) is 18.5. The highest BCUT2D eigenvalue weighted by Crippen LogP contribution is 2.27. The first-order valence-electron chi connectivity index (χ1n) is 7.63. The minimum absolute atomic E-state index is 0.134. The highest BCUT2D eigenvalue weighted by Gasteiger charge is 2.18. The van der Waals surface area contributed by atoms with Crippen molar-refractivity contribution in [1.29, 1.82) is 0 Å². The number of hydrogen-bond acceptors (Lipinski definition) is 8. The first kappa shape index (κ1) is 17.8. The fourth-order valence-corrected chi connectivity index (χ4v) is 3.07. The van der Waals surface area contributed by atoms with Gasteiger partial charge in [0.2, 0.25) is 11.7 Å². The van der Waals surface area contributed by atoms with E-state index in [1.807, 2.05) is 0 Å². The maximum absolute atomic E-state index is 11.4. The number of methoxy groups -OCH3 is 1. The molecule has 26 heavy (non-hydrogen) atoms. The van der Waals surface area contributed by atoms with Gasteiger partial charge in [-0.2, -0.15) is 0 Å². The lowest BCUT2D eigenvalue weighted by molar-refractivity contribution is -0.118. The summed E-state index contributed by atoms with van der Waals surface area (Å²) in [4.78, 5) is 22.6. The van der Waals surface area contributed by atoms with E-state index in [1.165, 1.54) is 25.1 Å². The Morgan fingerprint density at radius 1 is 1.31 bits per heavy atom. The molecule has 2 N–H and O–H groups in total. The number of aromatic nitrogens is 3. The van der Waals surface area contributed by atoms with Crippen LogP contribution in [0, 0.1) is 0 Å². The molecule has 0 aromatic carbocycles. The zero-order valence-electron chi connectivity index (χ0n) is 13.9. The van der Waals surface area contributed by atoms with E-state index < -0.39 is 11.9 Å². The molecule has 0 bridgehead atoms. The number of primary amides is 1. The number of hydrogen-bond donors (Lipinski definition) is 1. The first-order chi connectivity index (χ1) is 12.6. The summed E-state index contributed by atoms with van der Waals surface area (Å²) in [6.07, 6.45) is 1.68. The molecular weight excluding hydrogens is 360 g/mol. The average molecular weight is 376 g/mol. The van der Waals surface area contributed by atoms with Crippen molar-refractivity contribution in [1.82, 2.24) is 14.8 Å². The number of carbonyl (C=O) groups is 2. The smallest absolute Gasteiger partial charge is 0.373 e. The summed E-state index contributed by atoms with van der Waals surface area (Å²) < 4.78 is 17.2. The number of ether oxygens (including phenoxy) is 1. The Kier molecular flexibility index (Phi) is 5.42. The number of thioether (sulfide) groups is 1. The van der Waals surface area contributed by atoms with Gasteiger partial charge in [-0.05, 0) is 24.3 Å². The van der Waals surface area contributed by atoms with Crippen LogP contribution >= 0.6 is 11.8 Å². The molecule has 0 aliphatic heterocycles. The van der Waals surface area contributed by atoms with Crippen molar-refractivity contribution in [3.05, 3.63) is 42.0 Å². The van der Waals surface area contributed by atoms with E-state index in [9.17, 15) is 9.59 Å². The van der Waals surface area contributed by atoms with Crippen LogP contribution in [0.1, 0.15) is 22.7 Å². The van der Waals surface area contributed by atoms with Gasteiger partial charge in [0, 0.05) is 13.0 Å². The molecule has 10 heteroatoms. The summed E-state index contributed by atoms with van der Waals surface area (Å²) in [7, 11) is 1.29. The maximum Gasteiger partial charge on any atom is 0.373 e. The van der Waals surface area contributed by atoms with Gasteiger partial charge in [0.25, 0.3) is 0 Å². The van der Waals surface area contributed by atoms with E-state index in [-0.39, 0.29) is 12.2 Å². The van der Waals surface area contributed by atoms with Crippen molar-refractivity contribution in [3.8, 4) is 11.6 Å². The lowest BCUT2D eigenvalue weighted by Crippen LogP contribution is -2.15. The van der Waals surface area contributed by atoms with Crippen molar-refractivity contribution in [2.75, 3.05) is 7.11 Å². The summed E-state index contributed by atoms with van der Waals surface area (Å²) in [6.45, 7) is 0.326. The highest BCUT2D eigenvalue weighted by atomic mass is 32.2. The molecule has 0 aliphatic carbocycles. The summed E-state index contributed by atoms with van der Waals surface area (Å²) >= 11 is 1.35. The Morgan fingerprint density at radius 2 is 2.15 bits per heavy atom. The number of nitrogens with zero attached hydrogens (tertiary/aromatic N) is 3.